The summed E-state index contributed by atoms with van der Waals surface area (Å²) in [5.41, 5.74) is 1.76. The van der Waals surface area contributed by atoms with Crippen molar-refractivity contribution in [3.05, 3.63) is 78.4 Å². The van der Waals surface area contributed by atoms with Gasteiger partial charge in [-0.25, -0.2) is 18.2 Å². The molecular weight excluding hydrogens is 627 g/mol. The summed E-state index contributed by atoms with van der Waals surface area (Å²) in [6.45, 7) is 2.73. The third kappa shape index (κ3) is 7.22. The number of hydrogen-bond acceptors (Lipinski definition) is 8. The maximum Gasteiger partial charge on any atom is 0.336 e. The fraction of sp³-hybridized carbons (Fsp3) is 0.214. The van der Waals surface area contributed by atoms with Crippen LogP contribution in [0.1, 0.15) is 10.4 Å². The van der Waals surface area contributed by atoms with E-state index < -0.39 is 16.0 Å². The Kier molecular flexibility index (Phi) is 11.9. The van der Waals surface area contributed by atoms with Gasteiger partial charge in [0, 0.05) is 37.3 Å². The number of carboxylic acid groups (broad SMARTS) is 1. The van der Waals surface area contributed by atoms with Gasteiger partial charge < -0.3 is 24.4 Å². The Bertz CT molecular complexity index is 1630. The van der Waals surface area contributed by atoms with Crippen molar-refractivity contribution in [2.24, 2.45) is 0 Å². The minimum atomic E-state index is -3.89. The number of carboxylic acids is 1. The first-order valence-electron chi connectivity index (χ1n) is 12.3. The number of nitrogens with zero attached hydrogens (tertiary/aromatic N) is 3. The first kappa shape index (κ1) is 34.6. The number of carbonyl (C=O) groups is 1. The number of hydrogen-bond donors (Lipinski definition) is 2. The SMILES string of the molecule is COc1ccc(S(=O)(=O)Nc2ccc3nc(N4CCN(c5ccccc5OC)CC4)cc(C(=O)O)c3c2)cc1.Cl.Cl.Cl. The van der Waals surface area contributed by atoms with Crippen LogP contribution in [0.4, 0.5) is 17.2 Å². The Labute approximate surface area is 262 Å². The number of ether oxygens (including phenoxy) is 2. The molecule has 1 aliphatic heterocycles. The molecule has 2 N–H and O–H groups in total. The molecule has 1 aliphatic rings. The molecule has 0 aliphatic carbocycles. The molecular formula is C28H31Cl3N4O6S. The van der Waals surface area contributed by atoms with Gasteiger partial charge in [-0.1, -0.05) is 12.1 Å². The van der Waals surface area contributed by atoms with Gasteiger partial charge in [0.15, 0.2) is 0 Å². The van der Waals surface area contributed by atoms with Crippen LogP contribution in [-0.4, -0.2) is 64.9 Å². The summed E-state index contributed by atoms with van der Waals surface area (Å²) < 4.78 is 38.9. The zero-order valence-electron chi connectivity index (χ0n) is 22.7. The molecule has 1 saturated heterocycles. The Morgan fingerprint density at radius 2 is 1.50 bits per heavy atom. The Morgan fingerprint density at radius 1 is 0.857 bits per heavy atom. The number of para-hydroxylation sites is 2. The number of nitrogens with one attached hydrogen (secondary N) is 1. The second-order valence-electron chi connectivity index (χ2n) is 8.99. The van der Waals surface area contributed by atoms with Crippen LogP contribution in [0.2, 0.25) is 0 Å². The molecule has 10 nitrogen and oxygen atoms in total. The van der Waals surface area contributed by atoms with Crippen molar-refractivity contribution in [1.29, 1.82) is 0 Å². The first-order valence-corrected chi connectivity index (χ1v) is 13.8. The van der Waals surface area contributed by atoms with Crippen molar-refractivity contribution < 1.29 is 27.8 Å². The first-order chi connectivity index (χ1) is 18.8. The van der Waals surface area contributed by atoms with Gasteiger partial charge in [0.1, 0.15) is 17.3 Å². The molecule has 4 aromatic rings. The lowest BCUT2D eigenvalue weighted by molar-refractivity contribution is 0.0699. The van der Waals surface area contributed by atoms with Crippen molar-refractivity contribution in [3.63, 3.8) is 0 Å². The molecule has 3 aromatic carbocycles. The standard InChI is InChI=1S/C28H28N4O6S.3ClH/c1-37-20-8-10-21(11-9-20)39(35,36)30-19-7-12-24-22(17-19)23(28(33)34)18-27(29-24)32-15-13-31(14-16-32)25-5-3-4-6-26(25)38-2;;;/h3-12,17-18,30H,13-16H2,1-2H3,(H,33,34);3*1H. The lowest BCUT2D eigenvalue weighted by Crippen LogP contribution is -2.47. The summed E-state index contributed by atoms with van der Waals surface area (Å²) >= 11 is 0. The summed E-state index contributed by atoms with van der Waals surface area (Å²) in [4.78, 5) is 21.3. The number of aromatic nitrogens is 1. The molecule has 0 bridgehead atoms. The van der Waals surface area contributed by atoms with E-state index in [4.69, 9.17) is 14.5 Å². The van der Waals surface area contributed by atoms with E-state index in [-0.39, 0.29) is 53.4 Å². The van der Waals surface area contributed by atoms with Crippen LogP contribution in [0.25, 0.3) is 10.9 Å². The largest absolute Gasteiger partial charge is 0.497 e. The number of pyridine rings is 1. The number of sulfonamides is 1. The highest BCUT2D eigenvalue weighted by molar-refractivity contribution is 7.92. The Hall–Kier alpha value is -3.64. The number of benzene rings is 3. The molecule has 2 heterocycles. The Balaban J connectivity index is 0.00000205. The minimum Gasteiger partial charge on any atom is -0.497 e. The van der Waals surface area contributed by atoms with Crippen molar-refractivity contribution in [1.82, 2.24) is 4.98 Å². The van der Waals surface area contributed by atoms with Crippen LogP contribution in [-0.2, 0) is 10.0 Å². The average molecular weight is 658 g/mol. The summed E-state index contributed by atoms with van der Waals surface area (Å²) in [5, 5.41) is 10.3. The lowest BCUT2D eigenvalue weighted by atomic mass is 10.1. The maximum absolute atomic E-state index is 12.9. The summed E-state index contributed by atoms with van der Waals surface area (Å²) in [6, 6.07) is 20.1. The highest BCUT2D eigenvalue weighted by Crippen LogP contribution is 2.31. The number of piperazine rings is 1. The smallest absolute Gasteiger partial charge is 0.336 e. The fourth-order valence-electron chi connectivity index (χ4n) is 4.65. The molecule has 1 aromatic heterocycles. The maximum atomic E-state index is 12.9. The van der Waals surface area contributed by atoms with E-state index in [9.17, 15) is 18.3 Å². The van der Waals surface area contributed by atoms with Crippen LogP contribution >= 0.6 is 37.2 Å². The van der Waals surface area contributed by atoms with Gasteiger partial charge in [-0.3, -0.25) is 4.72 Å². The van der Waals surface area contributed by atoms with E-state index >= 15 is 0 Å². The molecule has 14 heteroatoms. The van der Waals surface area contributed by atoms with Gasteiger partial charge in [0.25, 0.3) is 10.0 Å². The molecule has 0 spiro atoms. The molecule has 0 saturated carbocycles. The lowest BCUT2D eigenvalue weighted by Gasteiger charge is -2.37. The number of aromatic carboxylic acids is 1. The number of halogens is 3. The number of rotatable bonds is 8. The summed E-state index contributed by atoms with van der Waals surface area (Å²) in [6.07, 6.45) is 0. The highest BCUT2D eigenvalue weighted by atomic mass is 35.5. The predicted molar refractivity (Wildman–Crippen MR) is 172 cm³/mol. The molecule has 0 radical (unpaired) electrons. The van der Waals surface area contributed by atoms with Crippen molar-refractivity contribution >= 4 is 81.3 Å². The Morgan fingerprint density at radius 3 is 2.12 bits per heavy atom. The van der Waals surface area contributed by atoms with Crippen LogP contribution in [0.3, 0.4) is 0 Å². The molecule has 5 rings (SSSR count). The highest BCUT2D eigenvalue weighted by Gasteiger charge is 2.23. The predicted octanol–water partition coefficient (Wildman–Crippen LogP) is 5.34. The van der Waals surface area contributed by atoms with Gasteiger partial charge in [0.2, 0.25) is 0 Å². The van der Waals surface area contributed by atoms with Crippen molar-refractivity contribution in [2.75, 3.05) is 54.9 Å². The average Bonchev–Trinajstić information content (AvgIpc) is 2.96. The van der Waals surface area contributed by atoms with Gasteiger partial charge in [0.05, 0.1) is 35.9 Å². The monoisotopic (exact) mass is 656 g/mol. The van der Waals surface area contributed by atoms with E-state index in [1.165, 1.54) is 25.3 Å². The van der Waals surface area contributed by atoms with E-state index in [0.29, 0.717) is 48.6 Å². The molecule has 0 atom stereocenters. The molecule has 0 unspecified atom stereocenters. The normalized spacial score (nSPS) is 12.8. The van der Waals surface area contributed by atoms with Crippen LogP contribution in [0.15, 0.2) is 77.7 Å². The number of methoxy groups -OCH3 is 2. The van der Waals surface area contributed by atoms with Crippen molar-refractivity contribution in [2.45, 2.75) is 4.90 Å². The number of fused-ring (bicyclic) bond motifs is 1. The third-order valence-corrected chi connectivity index (χ3v) is 8.07. The second-order valence-corrected chi connectivity index (χ2v) is 10.7. The molecule has 226 valence electrons. The van der Waals surface area contributed by atoms with Gasteiger partial charge in [-0.15, -0.1) is 37.2 Å². The second kappa shape index (κ2) is 14.5. The molecule has 1 fully saturated rings. The zero-order valence-corrected chi connectivity index (χ0v) is 26.0. The van der Waals surface area contributed by atoms with Crippen LogP contribution in [0.5, 0.6) is 11.5 Å². The van der Waals surface area contributed by atoms with E-state index in [1.807, 2.05) is 24.3 Å². The third-order valence-electron chi connectivity index (χ3n) is 6.68. The molecule has 42 heavy (non-hydrogen) atoms. The number of anilines is 3. The van der Waals surface area contributed by atoms with E-state index in [1.54, 1.807) is 37.4 Å². The fourth-order valence-corrected chi connectivity index (χ4v) is 5.70. The zero-order chi connectivity index (χ0) is 27.6. The van der Waals surface area contributed by atoms with Crippen LogP contribution in [0, 0.1) is 0 Å². The summed E-state index contributed by atoms with van der Waals surface area (Å²) in [7, 11) is -0.746. The van der Waals surface area contributed by atoms with Gasteiger partial charge in [-0.05, 0) is 60.7 Å². The quantitative estimate of drug-likeness (QED) is 0.259. The minimum absolute atomic E-state index is 0. The summed E-state index contributed by atoms with van der Waals surface area (Å²) in [5.74, 6) is 0.785. The topological polar surface area (TPSA) is 121 Å². The molecule has 0 amide bonds. The van der Waals surface area contributed by atoms with Crippen LogP contribution < -0.4 is 24.0 Å². The van der Waals surface area contributed by atoms with E-state index in [0.717, 1.165) is 11.4 Å². The van der Waals surface area contributed by atoms with E-state index in [2.05, 4.69) is 14.5 Å². The van der Waals surface area contributed by atoms with Gasteiger partial charge in [-0.2, -0.15) is 0 Å². The van der Waals surface area contributed by atoms with Crippen molar-refractivity contribution in [3.8, 4) is 11.5 Å². The van der Waals surface area contributed by atoms with Gasteiger partial charge >= 0.3 is 5.97 Å².